The molecule has 0 unspecified atom stereocenters. The number of methoxy groups -OCH3 is 3. The van der Waals surface area contributed by atoms with E-state index in [0.717, 1.165) is 10.5 Å². The summed E-state index contributed by atoms with van der Waals surface area (Å²) in [6.45, 7) is 13.8. The average molecular weight is 1060 g/mol. The molecular formula is C45H59IN6O10S2Si. The third kappa shape index (κ3) is 12.2. The highest BCUT2D eigenvalue weighted by molar-refractivity contribution is 14.1. The lowest BCUT2D eigenvalue weighted by atomic mass is 10.1. The number of rotatable bonds is 19. The standard InChI is InChI=1S/C45H59IN6O10S2Si/c1-44(2,3)51(43(53)54)29-37(30-62-65(10,11)45(4,5)6)63(55,56)39-25-24-38(46)40(42-47-49-52(48-42)28-33-16-22-36(61-9)23-17-33)41(39)64(57,58)50(26-31-12-18-34(59-7)19-13-31)27-32-14-20-35(60-8)21-15-32/h12-25,37H,26-30H2,1-11H3,(H,53,54)/t37-/m1/s1. The molecule has 0 bridgehead atoms. The fraction of sp³-hybridized carbons (Fsp3) is 0.422. The molecule has 65 heavy (non-hydrogen) atoms. The second-order valence-electron chi connectivity index (χ2n) is 18.0. The molecule has 1 amide bonds. The van der Waals surface area contributed by atoms with Crippen LogP contribution >= 0.6 is 22.6 Å². The maximum Gasteiger partial charge on any atom is 0.407 e. The van der Waals surface area contributed by atoms with E-state index in [1.54, 1.807) is 88.5 Å². The van der Waals surface area contributed by atoms with Crippen LogP contribution in [0.25, 0.3) is 11.4 Å². The van der Waals surface area contributed by atoms with Crippen molar-refractivity contribution >= 4 is 56.9 Å². The topological polar surface area (TPSA) is 193 Å². The minimum absolute atomic E-state index is 0.0860. The normalized spacial score (nSPS) is 13.1. The number of hydrogen-bond acceptors (Lipinski definition) is 12. The molecule has 5 aromatic rings. The van der Waals surface area contributed by atoms with Crippen molar-refractivity contribution in [1.82, 2.24) is 29.4 Å². The Labute approximate surface area is 397 Å². The number of benzene rings is 4. The van der Waals surface area contributed by atoms with Crippen LogP contribution in [0.2, 0.25) is 18.1 Å². The lowest BCUT2D eigenvalue weighted by Crippen LogP contribution is -2.52. The van der Waals surface area contributed by atoms with E-state index in [4.69, 9.17) is 18.6 Å². The lowest BCUT2D eigenvalue weighted by Gasteiger charge is -2.39. The highest BCUT2D eigenvalue weighted by Gasteiger charge is 2.44. The number of hydrogen-bond donors (Lipinski definition) is 1. The minimum atomic E-state index is -4.88. The molecule has 5 rings (SSSR count). The number of sulfonamides is 1. The second kappa shape index (κ2) is 20.5. The molecule has 4 aromatic carbocycles. The van der Waals surface area contributed by atoms with Crippen LogP contribution in [0.15, 0.2) is 94.7 Å². The first kappa shape index (κ1) is 51.4. The predicted octanol–water partition coefficient (Wildman–Crippen LogP) is 8.35. The maximum absolute atomic E-state index is 15.9. The van der Waals surface area contributed by atoms with Crippen LogP contribution in [0.4, 0.5) is 4.79 Å². The lowest BCUT2D eigenvalue weighted by molar-refractivity contribution is 0.0964. The molecule has 0 aliphatic rings. The van der Waals surface area contributed by atoms with Gasteiger partial charge in [-0.2, -0.15) is 9.10 Å². The number of carbonyl (C=O) groups is 1. The molecule has 0 saturated heterocycles. The van der Waals surface area contributed by atoms with E-state index in [1.807, 2.05) is 68.6 Å². The summed E-state index contributed by atoms with van der Waals surface area (Å²) in [6.07, 6.45) is -1.34. The summed E-state index contributed by atoms with van der Waals surface area (Å²) in [5.74, 6) is 1.64. The Kier molecular flexibility index (Phi) is 16.2. The summed E-state index contributed by atoms with van der Waals surface area (Å²) < 4.78 is 87.2. The van der Waals surface area contributed by atoms with Gasteiger partial charge in [-0.1, -0.05) is 57.2 Å². The van der Waals surface area contributed by atoms with Crippen molar-refractivity contribution in [2.75, 3.05) is 34.5 Å². The van der Waals surface area contributed by atoms with Gasteiger partial charge in [0.1, 0.15) is 27.4 Å². The summed E-state index contributed by atoms with van der Waals surface area (Å²) >= 11 is 1.95. The van der Waals surface area contributed by atoms with Crippen molar-refractivity contribution in [2.24, 2.45) is 0 Å². The van der Waals surface area contributed by atoms with Crippen molar-refractivity contribution in [1.29, 1.82) is 0 Å². The first-order valence-corrected chi connectivity index (χ1v) is 27.7. The van der Waals surface area contributed by atoms with Gasteiger partial charge in [0.15, 0.2) is 18.2 Å². The van der Waals surface area contributed by atoms with Crippen molar-refractivity contribution < 1.29 is 45.4 Å². The Bertz CT molecular complexity index is 2600. The van der Waals surface area contributed by atoms with Crippen molar-refractivity contribution in [3.63, 3.8) is 0 Å². The number of sulfone groups is 1. The number of nitrogens with zero attached hydrogens (tertiary/aromatic N) is 6. The fourth-order valence-corrected chi connectivity index (χ4v) is 12.5. The zero-order valence-corrected chi connectivity index (χ0v) is 43.5. The van der Waals surface area contributed by atoms with Gasteiger partial charge in [-0.15, -0.1) is 10.2 Å². The Morgan fingerprint density at radius 1 is 0.769 bits per heavy atom. The fourth-order valence-electron chi connectivity index (χ4n) is 6.54. The van der Waals surface area contributed by atoms with Crippen LogP contribution in [0.3, 0.4) is 0 Å². The summed E-state index contributed by atoms with van der Waals surface area (Å²) in [6, 6.07) is 23.7. The molecule has 0 aliphatic carbocycles. The minimum Gasteiger partial charge on any atom is -0.497 e. The zero-order chi connectivity index (χ0) is 48.1. The number of tetrazole rings is 1. The molecule has 20 heteroatoms. The van der Waals surface area contributed by atoms with Crippen LogP contribution in [-0.4, -0.2) is 111 Å². The van der Waals surface area contributed by atoms with E-state index in [2.05, 4.69) is 15.4 Å². The summed E-state index contributed by atoms with van der Waals surface area (Å²) in [5, 5.41) is 21.8. The summed E-state index contributed by atoms with van der Waals surface area (Å²) in [4.78, 5) is 14.0. The van der Waals surface area contributed by atoms with Crippen LogP contribution < -0.4 is 14.2 Å². The van der Waals surface area contributed by atoms with Gasteiger partial charge in [-0.05, 0) is 132 Å². The quantitative estimate of drug-likeness (QED) is 0.0614. The van der Waals surface area contributed by atoms with Crippen molar-refractivity contribution in [3.8, 4) is 28.6 Å². The van der Waals surface area contributed by atoms with E-state index in [-0.39, 0.29) is 36.1 Å². The molecule has 0 aliphatic heterocycles. The number of carboxylic acid groups (broad SMARTS) is 1. The second-order valence-corrected chi connectivity index (χ2v) is 28.1. The smallest absolute Gasteiger partial charge is 0.407 e. The summed E-state index contributed by atoms with van der Waals surface area (Å²) in [7, 11) is -7.74. The SMILES string of the molecule is COc1ccc(CN(Cc2ccc(OC)cc2)S(=O)(=O)c2c(S(=O)(=O)[C@@H](CO[Si](C)(C)C(C)(C)C)CN(C(=O)O)C(C)(C)C)ccc(I)c2-c2nnn(Cc3ccc(OC)cc3)n2)cc1. The largest absolute Gasteiger partial charge is 0.497 e. The number of ether oxygens (including phenoxy) is 3. The van der Waals surface area contributed by atoms with E-state index in [9.17, 15) is 9.90 Å². The molecule has 1 aromatic heterocycles. The average Bonchev–Trinajstić information content (AvgIpc) is 3.70. The summed E-state index contributed by atoms with van der Waals surface area (Å²) in [5.41, 5.74) is 0.849. The van der Waals surface area contributed by atoms with Crippen LogP contribution in [0.1, 0.15) is 58.2 Å². The van der Waals surface area contributed by atoms with Crippen molar-refractivity contribution in [3.05, 3.63) is 105 Å². The molecule has 1 N–H and O–H groups in total. The molecule has 0 saturated carbocycles. The molecule has 352 valence electrons. The number of halogens is 1. The highest BCUT2D eigenvalue weighted by atomic mass is 127. The van der Waals surface area contributed by atoms with Crippen molar-refractivity contribution in [2.45, 2.75) is 99.9 Å². The van der Waals surface area contributed by atoms with Crippen LogP contribution in [-0.2, 0) is 43.9 Å². The van der Waals surface area contributed by atoms with Gasteiger partial charge >= 0.3 is 6.09 Å². The number of aromatic nitrogens is 4. The van der Waals surface area contributed by atoms with E-state index in [1.165, 1.54) is 35.5 Å². The zero-order valence-electron chi connectivity index (χ0n) is 38.7. The molecule has 0 radical (unpaired) electrons. The highest BCUT2D eigenvalue weighted by Crippen LogP contribution is 2.41. The third-order valence-corrected chi connectivity index (χ3v) is 21.0. The van der Waals surface area contributed by atoms with Gasteiger partial charge in [-0.25, -0.2) is 21.6 Å². The van der Waals surface area contributed by atoms with Gasteiger partial charge in [0.25, 0.3) is 0 Å². The predicted molar refractivity (Wildman–Crippen MR) is 259 cm³/mol. The first-order chi connectivity index (χ1) is 30.3. The molecule has 0 spiro atoms. The third-order valence-electron chi connectivity index (χ3n) is 11.5. The van der Waals surface area contributed by atoms with Gasteiger partial charge in [0.2, 0.25) is 15.8 Å². The Hall–Kier alpha value is -4.61. The molecule has 1 atom stereocenters. The van der Waals surface area contributed by atoms with Gasteiger partial charge in [0.05, 0.1) is 44.9 Å². The first-order valence-electron chi connectivity index (χ1n) is 20.7. The van der Waals surface area contributed by atoms with E-state index in [0.29, 0.717) is 31.9 Å². The molecule has 0 fully saturated rings. The van der Waals surface area contributed by atoms with Gasteiger partial charge < -0.3 is 28.6 Å². The van der Waals surface area contributed by atoms with Gasteiger partial charge in [0, 0.05) is 28.7 Å². The Balaban J connectivity index is 1.80. The molecule has 16 nitrogen and oxygen atoms in total. The monoisotopic (exact) mass is 1060 g/mol. The Morgan fingerprint density at radius 3 is 1.68 bits per heavy atom. The Morgan fingerprint density at radius 2 is 1.25 bits per heavy atom. The number of amides is 1. The molecular weight excluding hydrogens is 1000 g/mol. The van der Waals surface area contributed by atoms with E-state index < -0.39 is 68.0 Å². The van der Waals surface area contributed by atoms with E-state index >= 15 is 16.8 Å². The van der Waals surface area contributed by atoms with Crippen LogP contribution in [0.5, 0.6) is 17.2 Å². The van der Waals surface area contributed by atoms with Gasteiger partial charge in [-0.3, -0.25) is 0 Å². The van der Waals surface area contributed by atoms with Crippen LogP contribution in [0, 0.1) is 3.57 Å². The maximum atomic E-state index is 15.9. The molecule has 1 heterocycles.